The van der Waals surface area contributed by atoms with Gasteiger partial charge in [0.25, 0.3) is 11.8 Å². The maximum atomic E-state index is 12.2. The molecule has 0 saturated carbocycles. The number of phenols is 1. The first-order chi connectivity index (χ1) is 12.1. The second-order valence-corrected chi connectivity index (χ2v) is 5.50. The number of benzene rings is 2. The highest BCUT2D eigenvalue weighted by molar-refractivity contribution is 6.00. The average molecular weight is 335 g/mol. The van der Waals surface area contributed by atoms with Crippen molar-refractivity contribution in [3.8, 4) is 5.75 Å². The Morgan fingerprint density at radius 1 is 1.00 bits per heavy atom. The SMILES string of the molecule is CCc1ccc(O)c(C(=O)NNC(=O)c2ccc3ccccc3n2)c1. The molecule has 0 aliphatic carbocycles. The highest BCUT2D eigenvalue weighted by Crippen LogP contribution is 2.18. The molecule has 126 valence electrons. The van der Waals surface area contributed by atoms with Crippen molar-refractivity contribution in [2.24, 2.45) is 0 Å². The van der Waals surface area contributed by atoms with Crippen molar-refractivity contribution in [3.05, 3.63) is 71.4 Å². The summed E-state index contributed by atoms with van der Waals surface area (Å²) in [6, 6.07) is 15.6. The van der Waals surface area contributed by atoms with Crippen molar-refractivity contribution in [1.29, 1.82) is 0 Å². The number of amides is 2. The molecule has 0 spiro atoms. The van der Waals surface area contributed by atoms with Crippen LogP contribution < -0.4 is 10.9 Å². The van der Waals surface area contributed by atoms with Gasteiger partial charge in [0.05, 0.1) is 11.1 Å². The Morgan fingerprint density at radius 2 is 1.76 bits per heavy atom. The molecule has 1 heterocycles. The number of carbonyl (C=O) groups excluding carboxylic acids is 2. The minimum atomic E-state index is -0.595. The van der Waals surface area contributed by atoms with Crippen LogP contribution in [0.3, 0.4) is 0 Å². The molecule has 0 atom stereocenters. The predicted octanol–water partition coefficient (Wildman–Crippen LogP) is 2.58. The van der Waals surface area contributed by atoms with E-state index >= 15 is 0 Å². The number of rotatable bonds is 3. The van der Waals surface area contributed by atoms with Crippen LogP contribution in [0.25, 0.3) is 10.9 Å². The molecule has 0 aliphatic heterocycles. The Morgan fingerprint density at radius 3 is 2.56 bits per heavy atom. The molecule has 0 unspecified atom stereocenters. The molecule has 6 heteroatoms. The van der Waals surface area contributed by atoms with Gasteiger partial charge in [-0.15, -0.1) is 0 Å². The number of nitrogens with zero attached hydrogens (tertiary/aromatic N) is 1. The molecule has 0 fully saturated rings. The number of aryl methyl sites for hydroxylation is 1. The number of hydrazine groups is 1. The molecule has 2 aromatic carbocycles. The van der Waals surface area contributed by atoms with E-state index < -0.39 is 11.8 Å². The summed E-state index contributed by atoms with van der Waals surface area (Å²) in [6.45, 7) is 1.95. The van der Waals surface area contributed by atoms with Gasteiger partial charge in [-0.3, -0.25) is 20.4 Å². The maximum absolute atomic E-state index is 12.2. The highest BCUT2D eigenvalue weighted by atomic mass is 16.3. The number of pyridine rings is 1. The summed E-state index contributed by atoms with van der Waals surface area (Å²) >= 11 is 0. The number of para-hydroxylation sites is 1. The lowest BCUT2D eigenvalue weighted by atomic mass is 10.1. The van der Waals surface area contributed by atoms with Crippen LogP contribution in [0, 0.1) is 0 Å². The fourth-order valence-corrected chi connectivity index (χ4v) is 2.42. The summed E-state index contributed by atoms with van der Waals surface area (Å²) in [4.78, 5) is 28.6. The van der Waals surface area contributed by atoms with Crippen molar-refractivity contribution < 1.29 is 14.7 Å². The number of phenolic OH excluding ortho intramolecular Hbond substituents is 1. The average Bonchev–Trinajstić information content (AvgIpc) is 2.65. The minimum Gasteiger partial charge on any atom is -0.507 e. The number of hydrogen-bond acceptors (Lipinski definition) is 4. The number of aromatic hydroxyl groups is 1. The Balaban J connectivity index is 1.71. The second-order valence-electron chi connectivity index (χ2n) is 5.50. The third-order valence-electron chi connectivity index (χ3n) is 3.83. The maximum Gasteiger partial charge on any atom is 0.288 e. The number of carbonyl (C=O) groups is 2. The van der Waals surface area contributed by atoms with E-state index in [2.05, 4.69) is 15.8 Å². The van der Waals surface area contributed by atoms with E-state index in [0.29, 0.717) is 5.52 Å². The van der Waals surface area contributed by atoms with Gasteiger partial charge in [-0.25, -0.2) is 4.98 Å². The topological polar surface area (TPSA) is 91.3 Å². The fourth-order valence-electron chi connectivity index (χ4n) is 2.42. The summed E-state index contributed by atoms with van der Waals surface area (Å²) in [7, 11) is 0. The zero-order valence-electron chi connectivity index (χ0n) is 13.6. The van der Waals surface area contributed by atoms with Gasteiger partial charge < -0.3 is 5.11 Å². The van der Waals surface area contributed by atoms with Crippen LogP contribution in [0.15, 0.2) is 54.6 Å². The first-order valence-electron chi connectivity index (χ1n) is 7.87. The molecule has 2 amide bonds. The van der Waals surface area contributed by atoms with Crippen LogP contribution in [0.1, 0.15) is 33.3 Å². The van der Waals surface area contributed by atoms with Crippen molar-refractivity contribution in [2.75, 3.05) is 0 Å². The molecular formula is C19H17N3O3. The molecule has 3 N–H and O–H groups in total. The van der Waals surface area contributed by atoms with Gasteiger partial charge in [0.2, 0.25) is 0 Å². The van der Waals surface area contributed by atoms with Gasteiger partial charge in [-0.2, -0.15) is 0 Å². The third-order valence-corrected chi connectivity index (χ3v) is 3.83. The van der Waals surface area contributed by atoms with Crippen LogP contribution in [-0.4, -0.2) is 21.9 Å². The molecule has 0 saturated heterocycles. The minimum absolute atomic E-state index is 0.103. The zero-order valence-corrected chi connectivity index (χ0v) is 13.6. The van der Waals surface area contributed by atoms with E-state index in [1.807, 2.05) is 25.1 Å². The number of hydrogen-bond donors (Lipinski definition) is 3. The van der Waals surface area contributed by atoms with Gasteiger partial charge in [-0.05, 0) is 36.2 Å². The molecule has 25 heavy (non-hydrogen) atoms. The van der Waals surface area contributed by atoms with Crippen LogP contribution in [0.5, 0.6) is 5.75 Å². The van der Waals surface area contributed by atoms with Crippen molar-refractivity contribution in [3.63, 3.8) is 0 Å². The highest BCUT2D eigenvalue weighted by Gasteiger charge is 2.14. The Labute approximate surface area is 144 Å². The van der Waals surface area contributed by atoms with E-state index in [4.69, 9.17) is 0 Å². The number of fused-ring (bicyclic) bond motifs is 1. The summed E-state index contributed by atoms with van der Waals surface area (Å²) in [5.41, 5.74) is 6.50. The summed E-state index contributed by atoms with van der Waals surface area (Å²) in [6.07, 6.45) is 0.730. The number of nitrogens with one attached hydrogen (secondary N) is 2. The summed E-state index contributed by atoms with van der Waals surface area (Å²) < 4.78 is 0. The van der Waals surface area contributed by atoms with E-state index in [1.165, 1.54) is 6.07 Å². The second kappa shape index (κ2) is 7.00. The van der Waals surface area contributed by atoms with Gasteiger partial charge >= 0.3 is 0 Å². The molecular weight excluding hydrogens is 318 g/mol. The standard InChI is InChI=1S/C19H17N3O3/c1-2-12-7-10-17(23)14(11-12)18(24)21-22-19(25)16-9-8-13-5-3-4-6-15(13)20-16/h3-11,23H,2H2,1H3,(H,21,24)(H,22,25). The van der Waals surface area contributed by atoms with Crippen molar-refractivity contribution >= 4 is 22.7 Å². The fraction of sp³-hybridized carbons (Fsp3) is 0.105. The lowest BCUT2D eigenvalue weighted by Gasteiger charge is -2.09. The largest absolute Gasteiger partial charge is 0.507 e. The quantitative estimate of drug-likeness (QED) is 0.642. The van der Waals surface area contributed by atoms with Crippen LogP contribution >= 0.6 is 0 Å². The van der Waals surface area contributed by atoms with Crippen LogP contribution in [0.4, 0.5) is 0 Å². The lowest BCUT2D eigenvalue weighted by Crippen LogP contribution is -2.42. The first-order valence-corrected chi connectivity index (χ1v) is 7.87. The summed E-state index contributed by atoms with van der Waals surface area (Å²) in [5, 5.41) is 10.7. The molecule has 0 bridgehead atoms. The van der Waals surface area contributed by atoms with E-state index in [0.717, 1.165) is 17.4 Å². The molecule has 3 rings (SSSR count). The smallest absolute Gasteiger partial charge is 0.288 e. The number of aromatic nitrogens is 1. The van der Waals surface area contributed by atoms with Crippen LogP contribution in [0.2, 0.25) is 0 Å². The van der Waals surface area contributed by atoms with E-state index in [-0.39, 0.29) is 17.0 Å². The van der Waals surface area contributed by atoms with E-state index in [9.17, 15) is 14.7 Å². The molecule has 0 aliphatic rings. The Hall–Kier alpha value is -3.41. The normalized spacial score (nSPS) is 10.4. The van der Waals surface area contributed by atoms with Crippen molar-refractivity contribution in [1.82, 2.24) is 15.8 Å². The Kier molecular flexibility index (Phi) is 4.61. The van der Waals surface area contributed by atoms with Gasteiger partial charge in [0.1, 0.15) is 11.4 Å². The van der Waals surface area contributed by atoms with Gasteiger partial charge in [0, 0.05) is 5.39 Å². The Bertz CT molecular complexity index is 954. The predicted molar refractivity (Wildman–Crippen MR) is 94.2 cm³/mol. The van der Waals surface area contributed by atoms with Crippen LogP contribution in [-0.2, 0) is 6.42 Å². The third kappa shape index (κ3) is 3.58. The summed E-state index contributed by atoms with van der Waals surface area (Å²) in [5.74, 6) is -1.28. The van der Waals surface area contributed by atoms with Gasteiger partial charge in [0.15, 0.2) is 0 Å². The van der Waals surface area contributed by atoms with E-state index in [1.54, 1.807) is 30.3 Å². The monoisotopic (exact) mass is 335 g/mol. The molecule has 6 nitrogen and oxygen atoms in total. The molecule has 3 aromatic rings. The molecule has 0 radical (unpaired) electrons. The van der Waals surface area contributed by atoms with Gasteiger partial charge in [-0.1, -0.05) is 37.3 Å². The molecule has 1 aromatic heterocycles. The first kappa shape index (κ1) is 16.4. The van der Waals surface area contributed by atoms with Crippen molar-refractivity contribution in [2.45, 2.75) is 13.3 Å². The zero-order chi connectivity index (χ0) is 17.8. The lowest BCUT2D eigenvalue weighted by molar-refractivity contribution is 0.0842.